The van der Waals surface area contributed by atoms with Gasteiger partial charge in [-0.1, -0.05) is 25.1 Å². The van der Waals surface area contributed by atoms with Gasteiger partial charge in [-0.25, -0.2) is 22.0 Å². The normalized spacial score (nSPS) is 11.7. The standard InChI is InChI=1S/C23H17F5N2O2S/c1-2-18(23(32)30-21-19(27)16(25)11-17(26)20(21)28)33-13-7-5-6-12(10-13)29-22(31)14-8-3-4-9-15(14)24/h3-11,18H,2H2,1H3,(H,29,31)(H,30,32). The lowest BCUT2D eigenvalue weighted by molar-refractivity contribution is -0.115. The number of benzene rings is 3. The average molecular weight is 480 g/mol. The molecular formula is C23H17F5N2O2S. The number of hydrogen-bond acceptors (Lipinski definition) is 3. The average Bonchev–Trinajstić information content (AvgIpc) is 2.79. The number of carbonyl (C=O) groups is 2. The summed E-state index contributed by atoms with van der Waals surface area (Å²) in [6, 6.07) is 11.8. The first-order valence-corrected chi connectivity index (χ1v) is 10.6. The van der Waals surface area contributed by atoms with Crippen LogP contribution in [0.2, 0.25) is 0 Å². The van der Waals surface area contributed by atoms with Crippen molar-refractivity contribution in [2.24, 2.45) is 0 Å². The second-order valence-corrected chi connectivity index (χ2v) is 8.09. The molecule has 0 saturated carbocycles. The van der Waals surface area contributed by atoms with Crippen molar-refractivity contribution in [2.45, 2.75) is 23.5 Å². The van der Waals surface area contributed by atoms with Gasteiger partial charge >= 0.3 is 0 Å². The second-order valence-electron chi connectivity index (χ2n) is 6.81. The van der Waals surface area contributed by atoms with Crippen molar-refractivity contribution in [3.8, 4) is 0 Å². The van der Waals surface area contributed by atoms with Crippen molar-refractivity contribution in [1.29, 1.82) is 0 Å². The summed E-state index contributed by atoms with van der Waals surface area (Å²) in [6.07, 6.45) is 0.212. The van der Waals surface area contributed by atoms with Gasteiger partial charge in [0.05, 0.1) is 10.8 Å². The molecule has 0 bridgehead atoms. The lowest BCUT2D eigenvalue weighted by Gasteiger charge is -2.16. The van der Waals surface area contributed by atoms with E-state index in [1.54, 1.807) is 25.1 Å². The largest absolute Gasteiger partial charge is 0.322 e. The summed E-state index contributed by atoms with van der Waals surface area (Å²) in [4.78, 5) is 25.3. The van der Waals surface area contributed by atoms with Crippen LogP contribution in [0.4, 0.5) is 33.3 Å². The Kier molecular flexibility index (Phi) is 7.70. The molecule has 1 atom stereocenters. The van der Waals surface area contributed by atoms with Crippen LogP contribution in [-0.2, 0) is 4.79 Å². The first-order chi connectivity index (χ1) is 15.7. The molecule has 0 aliphatic rings. The van der Waals surface area contributed by atoms with Crippen LogP contribution >= 0.6 is 11.8 Å². The molecule has 0 aliphatic heterocycles. The maximum atomic E-state index is 13.9. The van der Waals surface area contributed by atoms with E-state index in [0.717, 1.165) is 17.8 Å². The Morgan fingerprint density at radius 1 is 0.848 bits per heavy atom. The summed E-state index contributed by atoms with van der Waals surface area (Å²) in [6.45, 7) is 1.64. The third kappa shape index (κ3) is 5.70. The molecule has 0 radical (unpaired) electrons. The number of rotatable bonds is 7. The summed E-state index contributed by atoms with van der Waals surface area (Å²) in [5, 5.41) is 3.57. The number of amides is 2. The van der Waals surface area contributed by atoms with Gasteiger partial charge < -0.3 is 10.6 Å². The Morgan fingerprint density at radius 3 is 2.15 bits per heavy atom. The van der Waals surface area contributed by atoms with Crippen LogP contribution in [-0.4, -0.2) is 17.1 Å². The van der Waals surface area contributed by atoms with E-state index in [9.17, 15) is 31.5 Å². The molecule has 0 heterocycles. The Morgan fingerprint density at radius 2 is 1.52 bits per heavy atom. The molecule has 2 amide bonds. The van der Waals surface area contributed by atoms with E-state index in [-0.39, 0.29) is 18.1 Å². The van der Waals surface area contributed by atoms with Gasteiger partial charge in [0.15, 0.2) is 23.3 Å². The van der Waals surface area contributed by atoms with E-state index < -0.39 is 51.8 Å². The van der Waals surface area contributed by atoms with Crippen molar-refractivity contribution in [3.63, 3.8) is 0 Å². The maximum absolute atomic E-state index is 13.9. The fourth-order valence-electron chi connectivity index (χ4n) is 2.86. The predicted octanol–water partition coefficient (Wildman–Crippen LogP) is 6.14. The third-order valence-corrected chi connectivity index (χ3v) is 5.87. The molecule has 33 heavy (non-hydrogen) atoms. The highest BCUT2D eigenvalue weighted by atomic mass is 32.2. The number of anilines is 2. The summed E-state index contributed by atoms with van der Waals surface area (Å²) >= 11 is 1.01. The highest BCUT2D eigenvalue weighted by Crippen LogP contribution is 2.30. The Hall–Kier alpha value is -3.40. The molecule has 0 aliphatic carbocycles. The zero-order valence-electron chi connectivity index (χ0n) is 17.1. The van der Waals surface area contributed by atoms with Crippen LogP contribution < -0.4 is 10.6 Å². The molecular weight excluding hydrogens is 463 g/mol. The van der Waals surface area contributed by atoms with Crippen molar-refractivity contribution >= 4 is 35.0 Å². The molecule has 3 aromatic carbocycles. The fourth-order valence-corrected chi connectivity index (χ4v) is 3.88. The van der Waals surface area contributed by atoms with E-state index in [4.69, 9.17) is 0 Å². The Balaban J connectivity index is 1.74. The van der Waals surface area contributed by atoms with Crippen molar-refractivity contribution in [3.05, 3.63) is 89.2 Å². The zero-order chi connectivity index (χ0) is 24.1. The minimum atomic E-state index is -1.71. The van der Waals surface area contributed by atoms with Gasteiger partial charge in [-0.2, -0.15) is 0 Å². The fraction of sp³-hybridized carbons (Fsp3) is 0.130. The molecule has 2 N–H and O–H groups in total. The molecule has 0 aromatic heterocycles. The minimum absolute atomic E-state index is 0.0491. The van der Waals surface area contributed by atoms with Crippen molar-refractivity contribution < 1.29 is 31.5 Å². The van der Waals surface area contributed by atoms with E-state index >= 15 is 0 Å². The first-order valence-electron chi connectivity index (χ1n) is 9.67. The highest BCUT2D eigenvalue weighted by Gasteiger charge is 2.25. The number of nitrogens with one attached hydrogen (secondary N) is 2. The number of thioether (sulfide) groups is 1. The Bertz CT molecular complexity index is 1180. The van der Waals surface area contributed by atoms with Gasteiger partial charge in [-0.15, -0.1) is 11.8 Å². The zero-order valence-corrected chi connectivity index (χ0v) is 17.9. The van der Waals surface area contributed by atoms with Crippen LogP contribution in [0.5, 0.6) is 0 Å². The van der Waals surface area contributed by atoms with E-state index in [0.29, 0.717) is 10.6 Å². The second kappa shape index (κ2) is 10.5. The van der Waals surface area contributed by atoms with Gasteiger partial charge in [0.1, 0.15) is 11.5 Å². The molecule has 10 heteroatoms. The van der Waals surface area contributed by atoms with E-state index in [1.807, 2.05) is 5.32 Å². The number of hydrogen-bond donors (Lipinski definition) is 2. The van der Waals surface area contributed by atoms with Gasteiger partial charge in [0.25, 0.3) is 5.91 Å². The Labute approximate surface area is 190 Å². The minimum Gasteiger partial charge on any atom is -0.322 e. The lowest BCUT2D eigenvalue weighted by atomic mass is 10.2. The van der Waals surface area contributed by atoms with Crippen LogP contribution in [0.1, 0.15) is 23.7 Å². The topological polar surface area (TPSA) is 58.2 Å². The molecule has 1 unspecified atom stereocenters. The monoisotopic (exact) mass is 480 g/mol. The van der Waals surface area contributed by atoms with Crippen LogP contribution in [0.25, 0.3) is 0 Å². The maximum Gasteiger partial charge on any atom is 0.258 e. The quantitative estimate of drug-likeness (QED) is 0.243. The highest BCUT2D eigenvalue weighted by molar-refractivity contribution is 8.00. The molecule has 4 nitrogen and oxygen atoms in total. The predicted molar refractivity (Wildman–Crippen MR) is 116 cm³/mol. The summed E-state index contributed by atoms with van der Waals surface area (Å²) in [5.74, 6) is -8.91. The van der Waals surface area contributed by atoms with Crippen LogP contribution in [0.15, 0.2) is 59.5 Å². The number of carbonyl (C=O) groups excluding carboxylic acids is 2. The molecule has 0 saturated heterocycles. The molecule has 3 aromatic rings. The first kappa shape index (κ1) is 24.2. The summed E-state index contributed by atoms with van der Waals surface area (Å²) in [7, 11) is 0. The molecule has 172 valence electrons. The van der Waals surface area contributed by atoms with Crippen LogP contribution in [0.3, 0.4) is 0 Å². The smallest absolute Gasteiger partial charge is 0.258 e. The van der Waals surface area contributed by atoms with Crippen molar-refractivity contribution in [2.75, 3.05) is 10.6 Å². The summed E-state index contributed by atoms with van der Waals surface area (Å²) < 4.78 is 68.3. The van der Waals surface area contributed by atoms with Crippen molar-refractivity contribution in [1.82, 2.24) is 0 Å². The van der Waals surface area contributed by atoms with E-state index in [2.05, 4.69) is 5.32 Å². The van der Waals surface area contributed by atoms with E-state index in [1.165, 1.54) is 24.3 Å². The van der Waals surface area contributed by atoms with Crippen LogP contribution in [0, 0.1) is 29.1 Å². The number of halogens is 5. The van der Waals surface area contributed by atoms with Gasteiger partial charge in [-0.3, -0.25) is 9.59 Å². The molecule has 0 fully saturated rings. The molecule has 3 rings (SSSR count). The molecule has 0 spiro atoms. The van der Waals surface area contributed by atoms with Gasteiger partial charge in [0, 0.05) is 16.6 Å². The SMILES string of the molecule is CCC(Sc1cccc(NC(=O)c2ccccc2F)c1)C(=O)Nc1c(F)c(F)cc(F)c1F. The lowest BCUT2D eigenvalue weighted by Crippen LogP contribution is -2.26. The van der Waals surface area contributed by atoms with Gasteiger partial charge in [-0.05, 0) is 36.8 Å². The summed E-state index contributed by atoms with van der Waals surface area (Å²) in [5.41, 5.74) is -1.02. The van der Waals surface area contributed by atoms with Gasteiger partial charge in [0.2, 0.25) is 5.91 Å². The third-order valence-electron chi connectivity index (χ3n) is 4.51.